The van der Waals surface area contributed by atoms with E-state index in [9.17, 15) is 5.11 Å². The molecule has 0 amide bonds. The van der Waals surface area contributed by atoms with Gasteiger partial charge in [-0.15, -0.1) is 0 Å². The molecule has 0 unspecified atom stereocenters. The van der Waals surface area contributed by atoms with Crippen LogP contribution in [0.3, 0.4) is 0 Å². The van der Waals surface area contributed by atoms with Gasteiger partial charge < -0.3 is 5.11 Å². The maximum Gasteiger partial charge on any atom is 0.132 e. The Morgan fingerprint density at radius 3 is 2.17 bits per heavy atom. The largest absolute Gasteiger partial charge is 0.392 e. The van der Waals surface area contributed by atoms with Crippen LogP contribution in [0, 0.1) is 20.8 Å². The number of hydrogen-bond donors (Lipinski definition) is 1. The highest BCUT2D eigenvalue weighted by atomic mass is 35.5. The molecule has 0 saturated carbocycles. The summed E-state index contributed by atoms with van der Waals surface area (Å²) in [6, 6.07) is 0. The SMILES string of the molecule is Cc1nn(C)c(Cl)c1Cn1nc(C)c(CO)c1C. The monoisotopic (exact) mass is 268 g/mol. The fourth-order valence-electron chi connectivity index (χ4n) is 2.12. The van der Waals surface area contributed by atoms with Crippen molar-refractivity contribution in [1.82, 2.24) is 19.6 Å². The molecule has 0 radical (unpaired) electrons. The van der Waals surface area contributed by atoms with Crippen molar-refractivity contribution in [3.8, 4) is 0 Å². The van der Waals surface area contributed by atoms with Crippen LogP contribution in [0.1, 0.15) is 28.2 Å². The van der Waals surface area contributed by atoms with E-state index in [-0.39, 0.29) is 6.61 Å². The summed E-state index contributed by atoms with van der Waals surface area (Å²) in [6.07, 6.45) is 0. The Balaban J connectivity index is 2.40. The second-order valence-electron chi connectivity index (χ2n) is 4.44. The molecular weight excluding hydrogens is 252 g/mol. The van der Waals surface area contributed by atoms with E-state index in [1.54, 1.807) is 4.68 Å². The lowest BCUT2D eigenvalue weighted by atomic mass is 10.2. The highest BCUT2D eigenvalue weighted by molar-refractivity contribution is 6.30. The molecule has 2 aromatic heterocycles. The van der Waals surface area contributed by atoms with Crippen molar-refractivity contribution in [3.05, 3.63) is 33.4 Å². The van der Waals surface area contributed by atoms with E-state index in [4.69, 9.17) is 11.6 Å². The molecule has 6 heteroatoms. The molecule has 0 aliphatic rings. The minimum atomic E-state index is 0.0113. The summed E-state index contributed by atoms with van der Waals surface area (Å²) in [5.74, 6) is 0. The zero-order valence-electron chi connectivity index (χ0n) is 11.0. The highest BCUT2D eigenvalue weighted by Crippen LogP contribution is 2.21. The molecule has 2 aromatic rings. The molecule has 0 aliphatic carbocycles. The van der Waals surface area contributed by atoms with Crippen molar-refractivity contribution in [2.24, 2.45) is 7.05 Å². The van der Waals surface area contributed by atoms with Gasteiger partial charge in [-0.25, -0.2) is 0 Å². The molecular formula is C12H17ClN4O. The molecule has 5 nitrogen and oxygen atoms in total. The van der Waals surface area contributed by atoms with Gasteiger partial charge in [0, 0.05) is 23.9 Å². The quantitative estimate of drug-likeness (QED) is 0.922. The van der Waals surface area contributed by atoms with Crippen LogP contribution in [0.2, 0.25) is 5.15 Å². The molecule has 0 aliphatic heterocycles. The van der Waals surface area contributed by atoms with E-state index in [2.05, 4.69) is 10.2 Å². The first-order chi connectivity index (χ1) is 8.45. The predicted molar refractivity (Wildman–Crippen MR) is 69.7 cm³/mol. The second-order valence-corrected chi connectivity index (χ2v) is 4.80. The number of rotatable bonds is 3. The Hall–Kier alpha value is -1.33. The Morgan fingerprint density at radius 2 is 1.72 bits per heavy atom. The van der Waals surface area contributed by atoms with Gasteiger partial charge in [0.25, 0.3) is 0 Å². The Morgan fingerprint density at radius 1 is 1.11 bits per heavy atom. The fourth-order valence-corrected chi connectivity index (χ4v) is 2.35. The first-order valence-corrected chi connectivity index (χ1v) is 6.15. The average molecular weight is 269 g/mol. The lowest BCUT2D eigenvalue weighted by Crippen LogP contribution is -2.05. The third kappa shape index (κ3) is 2.04. The van der Waals surface area contributed by atoms with Crippen LogP contribution in [0.15, 0.2) is 0 Å². The normalized spacial score (nSPS) is 11.2. The molecule has 0 bridgehead atoms. The molecule has 0 atom stereocenters. The Kier molecular flexibility index (Phi) is 3.45. The number of halogens is 1. The summed E-state index contributed by atoms with van der Waals surface area (Å²) in [5.41, 5.74) is 4.57. The summed E-state index contributed by atoms with van der Waals surface area (Å²) in [4.78, 5) is 0. The molecule has 0 fully saturated rings. The van der Waals surface area contributed by atoms with Gasteiger partial charge in [-0.3, -0.25) is 9.36 Å². The summed E-state index contributed by atoms with van der Waals surface area (Å²) in [5, 5.41) is 18.6. The van der Waals surface area contributed by atoms with E-state index in [0.717, 1.165) is 28.2 Å². The van der Waals surface area contributed by atoms with Crippen LogP contribution in [-0.2, 0) is 20.2 Å². The third-order valence-electron chi connectivity index (χ3n) is 3.27. The predicted octanol–water partition coefficient (Wildman–Crippen LogP) is 1.74. The first kappa shape index (κ1) is 13.1. The average Bonchev–Trinajstić information content (AvgIpc) is 2.71. The summed E-state index contributed by atoms with van der Waals surface area (Å²) in [6.45, 7) is 6.36. The number of aliphatic hydroxyl groups is 1. The number of aliphatic hydroxyl groups excluding tert-OH is 1. The lowest BCUT2D eigenvalue weighted by Gasteiger charge is -2.05. The molecule has 0 saturated heterocycles. The Labute approximate surface area is 111 Å². The fraction of sp³-hybridized carbons (Fsp3) is 0.500. The van der Waals surface area contributed by atoms with Crippen molar-refractivity contribution in [1.29, 1.82) is 0 Å². The van der Waals surface area contributed by atoms with Crippen LogP contribution < -0.4 is 0 Å². The topological polar surface area (TPSA) is 55.9 Å². The van der Waals surface area contributed by atoms with Gasteiger partial charge in [0.2, 0.25) is 0 Å². The van der Waals surface area contributed by atoms with E-state index in [1.165, 1.54) is 0 Å². The zero-order valence-corrected chi connectivity index (χ0v) is 11.8. The van der Waals surface area contributed by atoms with Gasteiger partial charge in [-0.2, -0.15) is 10.2 Å². The molecule has 2 rings (SSSR count). The van der Waals surface area contributed by atoms with Gasteiger partial charge in [0.1, 0.15) is 5.15 Å². The molecule has 98 valence electrons. The van der Waals surface area contributed by atoms with Crippen LogP contribution in [0.5, 0.6) is 0 Å². The van der Waals surface area contributed by atoms with Gasteiger partial charge in [0.05, 0.1) is 24.5 Å². The van der Waals surface area contributed by atoms with Crippen molar-refractivity contribution in [3.63, 3.8) is 0 Å². The third-order valence-corrected chi connectivity index (χ3v) is 3.74. The van der Waals surface area contributed by atoms with Crippen molar-refractivity contribution < 1.29 is 5.11 Å². The summed E-state index contributed by atoms with van der Waals surface area (Å²) in [7, 11) is 1.82. The van der Waals surface area contributed by atoms with E-state index in [0.29, 0.717) is 11.7 Å². The minimum Gasteiger partial charge on any atom is -0.392 e. The zero-order chi connectivity index (χ0) is 13.4. The van der Waals surface area contributed by atoms with E-state index >= 15 is 0 Å². The number of aromatic nitrogens is 4. The highest BCUT2D eigenvalue weighted by Gasteiger charge is 2.15. The molecule has 18 heavy (non-hydrogen) atoms. The van der Waals surface area contributed by atoms with Crippen LogP contribution in [0.4, 0.5) is 0 Å². The molecule has 0 spiro atoms. The van der Waals surface area contributed by atoms with Crippen molar-refractivity contribution in [2.75, 3.05) is 0 Å². The molecule has 2 heterocycles. The first-order valence-electron chi connectivity index (χ1n) is 5.77. The molecule has 0 aromatic carbocycles. The molecule has 1 N–H and O–H groups in total. The van der Waals surface area contributed by atoms with Gasteiger partial charge in [-0.1, -0.05) is 11.6 Å². The van der Waals surface area contributed by atoms with Gasteiger partial charge in [0.15, 0.2) is 0 Å². The second kappa shape index (κ2) is 4.74. The van der Waals surface area contributed by atoms with E-state index < -0.39 is 0 Å². The maximum absolute atomic E-state index is 9.30. The summed E-state index contributed by atoms with van der Waals surface area (Å²) >= 11 is 6.21. The van der Waals surface area contributed by atoms with Crippen LogP contribution in [-0.4, -0.2) is 24.7 Å². The Bertz CT molecular complexity index is 585. The van der Waals surface area contributed by atoms with Crippen molar-refractivity contribution >= 4 is 11.6 Å². The number of aryl methyl sites for hydroxylation is 3. The van der Waals surface area contributed by atoms with E-state index in [1.807, 2.05) is 32.5 Å². The lowest BCUT2D eigenvalue weighted by molar-refractivity contribution is 0.280. The standard InChI is InChI=1S/C12H17ClN4O/c1-7-10(12(13)16(4)14-7)5-17-9(3)11(6-18)8(2)15-17/h18H,5-6H2,1-4H3. The smallest absolute Gasteiger partial charge is 0.132 e. The van der Waals surface area contributed by atoms with Crippen molar-refractivity contribution in [2.45, 2.75) is 33.9 Å². The van der Waals surface area contributed by atoms with Crippen LogP contribution in [0.25, 0.3) is 0 Å². The van der Waals surface area contributed by atoms with Gasteiger partial charge in [-0.05, 0) is 20.8 Å². The minimum absolute atomic E-state index is 0.0113. The summed E-state index contributed by atoms with van der Waals surface area (Å²) < 4.78 is 3.52. The maximum atomic E-state index is 9.30. The number of nitrogens with zero attached hydrogens (tertiary/aromatic N) is 4. The van der Waals surface area contributed by atoms with Gasteiger partial charge >= 0.3 is 0 Å². The number of hydrogen-bond acceptors (Lipinski definition) is 3. The van der Waals surface area contributed by atoms with Crippen LogP contribution >= 0.6 is 11.6 Å².